The Morgan fingerprint density at radius 2 is 2.19 bits per heavy atom. The lowest BCUT2D eigenvalue weighted by Crippen LogP contribution is -2.33. The van der Waals surface area contributed by atoms with Crippen molar-refractivity contribution < 1.29 is 9.90 Å². The first-order valence-electron chi connectivity index (χ1n) is 5.32. The molecule has 1 rings (SSSR count). The molecule has 0 atom stereocenters. The molecule has 0 saturated heterocycles. The van der Waals surface area contributed by atoms with Crippen LogP contribution >= 0.6 is 0 Å². The van der Waals surface area contributed by atoms with Crippen LogP contribution in [-0.4, -0.2) is 29.0 Å². The predicted octanol–water partition coefficient (Wildman–Crippen LogP) is 1.01. The van der Waals surface area contributed by atoms with Crippen molar-refractivity contribution >= 4 is 5.91 Å². The van der Waals surface area contributed by atoms with Crippen molar-refractivity contribution in [3.8, 4) is 5.75 Å². The number of hydrogen-bond donors (Lipinski definition) is 2. The third-order valence-corrected chi connectivity index (χ3v) is 2.46. The summed E-state index contributed by atoms with van der Waals surface area (Å²) < 4.78 is 0. The molecule has 1 aromatic carbocycles. The van der Waals surface area contributed by atoms with E-state index in [2.05, 4.69) is 0 Å². The van der Waals surface area contributed by atoms with Crippen LogP contribution in [0, 0.1) is 6.92 Å². The molecule has 0 bridgehead atoms. The SMILES string of the molecule is CCN(CC(N)=O)Cc1cc(C)ccc1O. The number of benzene rings is 1. The normalized spacial score (nSPS) is 10.7. The molecule has 0 unspecified atom stereocenters. The van der Waals surface area contributed by atoms with Crippen molar-refractivity contribution in [3.63, 3.8) is 0 Å². The average Bonchev–Trinajstić information content (AvgIpc) is 2.21. The summed E-state index contributed by atoms with van der Waals surface area (Å²) >= 11 is 0. The van der Waals surface area contributed by atoms with Crippen LogP contribution in [0.1, 0.15) is 18.1 Å². The number of likely N-dealkylation sites (N-methyl/N-ethyl adjacent to an activating group) is 1. The van der Waals surface area contributed by atoms with E-state index in [0.29, 0.717) is 6.54 Å². The number of hydrogen-bond acceptors (Lipinski definition) is 3. The first-order chi connectivity index (χ1) is 7.52. The fourth-order valence-corrected chi connectivity index (χ4v) is 1.58. The second kappa shape index (κ2) is 5.51. The van der Waals surface area contributed by atoms with Crippen LogP contribution in [-0.2, 0) is 11.3 Å². The molecule has 88 valence electrons. The number of nitrogens with zero attached hydrogens (tertiary/aromatic N) is 1. The standard InChI is InChI=1S/C12H18N2O2/c1-3-14(8-12(13)16)7-10-6-9(2)4-5-11(10)15/h4-6,15H,3,7-8H2,1-2H3,(H2,13,16). The summed E-state index contributed by atoms with van der Waals surface area (Å²) in [5.74, 6) is -0.0949. The van der Waals surface area contributed by atoms with Gasteiger partial charge in [0.15, 0.2) is 0 Å². The zero-order valence-electron chi connectivity index (χ0n) is 9.73. The van der Waals surface area contributed by atoms with Crippen LogP contribution < -0.4 is 5.73 Å². The third-order valence-electron chi connectivity index (χ3n) is 2.46. The maximum absolute atomic E-state index is 10.8. The lowest BCUT2D eigenvalue weighted by atomic mass is 10.1. The molecule has 0 aromatic heterocycles. The number of aryl methyl sites for hydroxylation is 1. The minimum atomic E-state index is -0.353. The lowest BCUT2D eigenvalue weighted by Gasteiger charge is -2.19. The molecular formula is C12H18N2O2. The Morgan fingerprint density at radius 3 is 2.75 bits per heavy atom. The summed E-state index contributed by atoms with van der Waals surface area (Å²) in [7, 11) is 0. The highest BCUT2D eigenvalue weighted by Gasteiger charge is 2.09. The van der Waals surface area contributed by atoms with Crippen molar-refractivity contribution in [1.82, 2.24) is 4.90 Å². The highest BCUT2D eigenvalue weighted by Crippen LogP contribution is 2.19. The second-order valence-corrected chi connectivity index (χ2v) is 3.90. The third kappa shape index (κ3) is 3.55. The number of carbonyl (C=O) groups excluding carboxylic acids is 1. The van der Waals surface area contributed by atoms with Gasteiger partial charge in [0.25, 0.3) is 0 Å². The van der Waals surface area contributed by atoms with E-state index in [1.54, 1.807) is 6.07 Å². The average molecular weight is 222 g/mol. The van der Waals surface area contributed by atoms with E-state index in [9.17, 15) is 9.90 Å². The largest absolute Gasteiger partial charge is 0.508 e. The molecular weight excluding hydrogens is 204 g/mol. The number of phenolic OH excluding ortho intramolecular Hbond substituents is 1. The van der Waals surface area contributed by atoms with Crippen LogP contribution in [0.4, 0.5) is 0 Å². The van der Waals surface area contributed by atoms with Gasteiger partial charge in [-0.1, -0.05) is 24.6 Å². The summed E-state index contributed by atoms with van der Waals surface area (Å²) in [6.45, 7) is 5.39. The highest BCUT2D eigenvalue weighted by atomic mass is 16.3. The summed E-state index contributed by atoms with van der Waals surface area (Å²) in [5, 5.41) is 9.67. The molecule has 0 heterocycles. The number of primary amides is 1. The van der Waals surface area contributed by atoms with Gasteiger partial charge in [-0.05, 0) is 19.5 Å². The Morgan fingerprint density at radius 1 is 1.50 bits per heavy atom. The molecule has 4 nitrogen and oxygen atoms in total. The Bertz CT molecular complexity index is 377. The monoisotopic (exact) mass is 222 g/mol. The van der Waals surface area contributed by atoms with E-state index in [0.717, 1.165) is 17.7 Å². The topological polar surface area (TPSA) is 66.6 Å². The van der Waals surface area contributed by atoms with Gasteiger partial charge in [-0.25, -0.2) is 0 Å². The lowest BCUT2D eigenvalue weighted by molar-refractivity contribution is -0.119. The first kappa shape index (κ1) is 12.5. The molecule has 1 aromatic rings. The molecule has 0 radical (unpaired) electrons. The number of amides is 1. The van der Waals surface area contributed by atoms with Gasteiger partial charge in [0, 0.05) is 12.1 Å². The van der Waals surface area contributed by atoms with Gasteiger partial charge >= 0.3 is 0 Å². The van der Waals surface area contributed by atoms with Gasteiger partial charge in [-0.15, -0.1) is 0 Å². The Kier molecular flexibility index (Phi) is 4.31. The summed E-state index contributed by atoms with van der Waals surface area (Å²) in [4.78, 5) is 12.7. The van der Waals surface area contributed by atoms with Crippen molar-refractivity contribution in [2.75, 3.05) is 13.1 Å². The minimum Gasteiger partial charge on any atom is -0.508 e. The zero-order valence-corrected chi connectivity index (χ0v) is 9.73. The summed E-state index contributed by atoms with van der Waals surface area (Å²) in [6.07, 6.45) is 0. The number of rotatable bonds is 5. The van der Waals surface area contributed by atoms with Crippen LogP contribution in [0.25, 0.3) is 0 Å². The second-order valence-electron chi connectivity index (χ2n) is 3.90. The van der Waals surface area contributed by atoms with E-state index >= 15 is 0 Å². The van der Waals surface area contributed by atoms with Gasteiger partial charge < -0.3 is 10.8 Å². The van der Waals surface area contributed by atoms with E-state index in [4.69, 9.17) is 5.73 Å². The van der Waals surface area contributed by atoms with E-state index < -0.39 is 0 Å². The number of phenols is 1. The van der Waals surface area contributed by atoms with E-state index in [1.807, 2.05) is 30.9 Å². The van der Waals surface area contributed by atoms with Crippen molar-refractivity contribution in [1.29, 1.82) is 0 Å². The van der Waals surface area contributed by atoms with Crippen LogP contribution in [0.15, 0.2) is 18.2 Å². The first-order valence-corrected chi connectivity index (χ1v) is 5.32. The molecule has 0 aliphatic rings. The molecule has 1 amide bonds. The Hall–Kier alpha value is -1.55. The molecule has 16 heavy (non-hydrogen) atoms. The van der Waals surface area contributed by atoms with Crippen molar-refractivity contribution in [3.05, 3.63) is 29.3 Å². The number of carbonyl (C=O) groups is 1. The zero-order chi connectivity index (χ0) is 12.1. The number of aromatic hydroxyl groups is 1. The van der Waals surface area contributed by atoms with Crippen LogP contribution in [0.2, 0.25) is 0 Å². The van der Waals surface area contributed by atoms with E-state index in [1.165, 1.54) is 0 Å². The highest BCUT2D eigenvalue weighted by molar-refractivity contribution is 5.75. The van der Waals surface area contributed by atoms with Crippen molar-refractivity contribution in [2.45, 2.75) is 20.4 Å². The van der Waals surface area contributed by atoms with Crippen LogP contribution in [0.5, 0.6) is 5.75 Å². The van der Waals surface area contributed by atoms with Gasteiger partial charge in [0.2, 0.25) is 5.91 Å². The summed E-state index contributed by atoms with van der Waals surface area (Å²) in [5.41, 5.74) is 7.06. The Balaban J connectivity index is 2.77. The molecule has 0 aliphatic carbocycles. The van der Waals surface area contributed by atoms with Crippen LogP contribution in [0.3, 0.4) is 0 Å². The fourth-order valence-electron chi connectivity index (χ4n) is 1.58. The summed E-state index contributed by atoms with van der Waals surface area (Å²) in [6, 6.07) is 5.44. The minimum absolute atomic E-state index is 0.212. The molecule has 0 fully saturated rings. The van der Waals surface area contributed by atoms with Gasteiger partial charge in [0.05, 0.1) is 6.54 Å². The van der Waals surface area contributed by atoms with Gasteiger partial charge in [-0.2, -0.15) is 0 Å². The molecule has 0 aliphatic heterocycles. The van der Waals surface area contributed by atoms with Gasteiger partial charge in [-0.3, -0.25) is 9.69 Å². The smallest absolute Gasteiger partial charge is 0.231 e. The maximum atomic E-state index is 10.8. The predicted molar refractivity (Wildman–Crippen MR) is 63.0 cm³/mol. The fraction of sp³-hybridized carbons (Fsp3) is 0.417. The molecule has 0 saturated carbocycles. The van der Waals surface area contributed by atoms with Crippen molar-refractivity contribution in [2.24, 2.45) is 5.73 Å². The van der Waals surface area contributed by atoms with Gasteiger partial charge in [0.1, 0.15) is 5.75 Å². The maximum Gasteiger partial charge on any atom is 0.231 e. The molecule has 4 heteroatoms. The number of nitrogens with two attached hydrogens (primary N) is 1. The quantitative estimate of drug-likeness (QED) is 0.781. The Labute approximate surface area is 95.7 Å². The van der Waals surface area contributed by atoms with E-state index in [-0.39, 0.29) is 18.2 Å². The molecule has 0 spiro atoms. The molecule has 3 N–H and O–H groups in total.